The van der Waals surface area contributed by atoms with Gasteiger partial charge < -0.3 is 4.74 Å². The van der Waals surface area contributed by atoms with E-state index in [1.54, 1.807) is 0 Å². The van der Waals surface area contributed by atoms with Gasteiger partial charge in [-0.05, 0) is 42.2 Å². The maximum Gasteiger partial charge on any atom is 0.278 e. The SMILES string of the molecule is Cc1ccc(C(C)C)c(OCC(=O)N/N=C/c2cc(Cl)ccc2[N+](=O)[O-])c1. The number of carbonyl (C=O) groups is 1. The van der Waals surface area contributed by atoms with Gasteiger partial charge in [0, 0.05) is 11.1 Å². The van der Waals surface area contributed by atoms with E-state index in [2.05, 4.69) is 10.5 Å². The van der Waals surface area contributed by atoms with Gasteiger partial charge in [0.15, 0.2) is 6.61 Å². The van der Waals surface area contributed by atoms with Gasteiger partial charge in [-0.3, -0.25) is 14.9 Å². The van der Waals surface area contributed by atoms with Gasteiger partial charge in [-0.1, -0.05) is 37.6 Å². The number of nitro benzene ring substituents is 1. The smallest absolute Gasteiger partial charge is 0.278 e. The van der Waals surface area contributed by atoms with Crippen molar-refractivity contribution in [2.24, 2.45) is 5.10 Å². The number of aryl methyl sites for hydroxylation is 1. The Morgan fingerprint density at radius 2 is 2.07 bits per heavy atom. The van der Waals surface area contributed by atoms with Gasteiger partial charge in [0.05, 0.1) is 16.7 Å². The molecule has 8 heteroatoms. The third kappa shape index (κ3) is 5.79. The van der Waals surface area contributed by atoms with Crippen LogP contribution in [0.3, 0.4) is 0 Å². The van der Waals surface area contributed by atoms with Crippen LogP contribution in [0.2, 0.25) is 5.02 Å². The minimum atomic E-state index is -0.548. The fourth-order valence-corrected chi connectivity index (χ4v) is 2.57. The highest BCUT2D eigenvalue weighted by atomic mass is 35.5. The Morgan fingerprint density at radius 3 is 2.74 bits per heavy atom. The number of carbonyl (C=O) groups excluding carboxylic acids is 1. The number of nitrogens with zero attached hydrogens (tertiary/aromatic N) is 2. The fourth-order valence-electron chi connectivity index (χ4n) is 2.39. The van der Waals surface area contributed by atoms with Crippen molar-refractivity contribution in [2.75, 3.05) is 6.61 Å². The van der Waals surface area contributed by atoms with Crippen LogP contribution in [0.5, 0.6) is 5.75 Å². The highest BCUT2D eigenvalue weighted by molar-refractivity contribution is 6.31. The number of hydrazone groups is 1. The minimum absolute atomic E-state index is 0.157. The van der Waals surface area contributed by atoms with Crippen LogP contribution in [0, 0.1) is 17.0 Å². The molecule has 0 radical (unpaired) electrons. The van der Waals surface area contributed by atoms with Gasteiger partial charge in [-0.25, -0.2) is 5.43 Å². The number of ether oxygens (including phenoxy) is 1. The number of benzene rings is 2. The highest BCUT2D eigenvalue weighted by Crippen LogP contribution is 2.27. The molecule has 0 fully saturated rings. The van der Waals surface area contributed by atoms with Gasteiger partial charge in [0.1, 0.15) is 5.75 Å². The lowest BCUT2D eigenvalue weighted by Gasteiger charge is -2.14. The number of nitrogens with one attached hydrogen (secondary N) is 1. The van der Waals surface area contributed by atoms with Crippen molar-refractivity contribution in [3.05, 3.63) is 68.2 Å². The molecule has 0 spiro atoms. The zero-order valence-electron chi connectivity index (χ0n) is 15.2. The molecular formula is C19H20ClN3O4. The molecule has 1 N–H and O–H groups in total. The molecule has 2 aromatic carbocycles. The second kappa shape index (κ2) is 9.14. The first-order chi connectivity index (χ1) is 12.8. The fraction of sp³-hybridized carbons (Fsp3) is 0.263. The Morgan fingerprint density at radius 1 is 1.33 bits per heavy atom. The summed E-state index contributed by atoms with van der Waals surface area (Å²) in [6, 6.07) is 9.93. The number of hydrogen-bond donors (Lipinski definition) is 1. The van der Waals surface area contributed by atoms with E-state index in [9.17, 15) is 14.9 Å². The van der Waals surface area contributed by atoms with Crippen LogP contribution in [0.15, 0.2) is 41.5 Å². The van der Waals surface area contributed by atoms with Crippen molar-refractivity contribution in [3.63, 3.8) is 0 Å². The molecule has 0 bridgehead atoms. The Kier molecular flexibility index (Phi) is 6.90. The molecule has 0 aliphatic rings. The van der Waals surface area contributed by atoms with Crippen LogP contribution >= 0.6 is 11.6 Å². The Balaban J connectivity index is 2.00. The van der Waals surface area contributed by atoms with Crippen molar-refractivity contribution < 1.29 is 14.5 Å². The summed E-state index contributed by atoms with van der Waals surface area (Å²) in [7, 11) is 0. The maximum absolute atomic E-state index is 11.9. The second-order valence-corrected chi connectivity index (χ2v) is 6.67. The second-order valence-electron chi connectivity index (χ2n) is 6.24. The first-order valence-electron chi connectivity index (χ1n) is 8.27. The van der Waals surface area contributed by atoms with Crippen molar-refractivity contribution in [2.45, 2.75) is 26.7 Å². The highest BCUT2D eigenvalue weighted by Gasteiger charge is 2.13. The minimum Gasteiger partial charge on any atom is -0.483 e. The maximum atomic E-state index is 11.9. The van der Waals surface area contributed by atoms with E-state index in [4.69, 9.17) is 16.3 Å². The van der Waals surface area contributed by atoms with E-state index in [0.29, 0.717) is 10.8 Å². The van der Waals surface area contributed by atoms with Crippen LogP contribution in [0.1, 0.15) is 36.5 Å². The molecule has 0 saturated heterocycles. The average Bonchev–Trinajstić information content (AvgIpc) is 2.59. The summed E-state index contributed by atoms with van der Waals surface area (Å²) >= 11 is 5.84. The summed E-state index contributed by atoms with van der Waals surface area (Å²) in [4.78, 5) is 22.4. The molecule has 0 aliphatic heterocycles. The lowest BCUT2D eigenvalue weighted by atomic mass is 10.0. The monoisotopic (exact) mass is 389 g/mol. The third-order valence-electron chi connectivity index (χ3n) is 3.73. The molecule has 1 amide bonds. The predicted octanol–water partition coefficient (Wildman–Crippen LogP) is 4.21. The van der Waals surface area contributed by atoms with E-state index >= 15 is 0 Å². The zero-order chi connectivity index (χ0) is 20.0. The molecule has 7 nitrogen and oxygen atoms in total. The van der Waals surface area contributed by atoms with E-state index in [1.165, 1.54) is 24.4 Å². The standard InChI is InChI=1S/C19H20ClN3O4/c1-12(2)16-6-4-13(3)8-18(16)27-11-19(24)22-21-10-14-9-15(20)5-7-17(14)23(25)26/h4-10,12H,11H2,1-3H3,(H,22,24)/b21-10+. The number of amides is 1. The van der Waals surface area contributed by atoms with E-state index in [-0.39, 0.29) is 23.8 Å². The zero-order valence-corrected chi connectivity index (χ0v) is 16.0. The molecule has 2 aromatic rings. The summed E-state index contributed by atoms with van der Waals surface area (Å²) in [5.41, 5.74) is 4.36. The largest absolute Gasteiger partial charge is 0.483 e. The molecule has 0 heterocycles. The van der Waals surface area contributed by atoms with Gasteiger partial charge in [-0.2, -0.15) is 5.10 Å². The topological polar surface area (TPSA) is 93.8 Å². The van der Waals surface area contributed by atoms with Crippen LogP contribution in [-0.2, 0) is 4.79 Å². The molecule has 27 heavy (non-hydrogen) atoms. The molecule has 0 saturated carbocycles. The van der Waals surface area contributed by atoms with Crippen LogP contribution in [0.25, 0.3) is 0 Å². The molecule has 2 rings (SSSR count). The number of nitro groups is 1. The quantitative estimate of drug-likeness (QED) is 0.436. The van der Waals surface area contributed by atoms with Gasteiger partial charge >= 0.3 is 0 Å². The summed E-state index contributed by atoms with van der Waals surface area (Å²) in [5.74, 6) is 0.423. The Labute approximate surface area is 162 Å². The molecule has 0 unspecified atom stereocenters. The van der Waals surface area contributed by atoms with Crippen LogP contribution in [0.4, 0.5) is 5.69 Å². The molecular weight excluding hydrogens is 370 g/mol. The summed E-state index contributed by atoms with van der Waals surface area (Å²) in [5, 5.41) is 15.1. The Bertz CT molecular complexity index is 881. The van der Waals surface area contributed by atoms with Crippen LogP contribution in [-0.4, -0.2) is 23.7 Å². The summed E-state index contributed by atoms with van der Waals surface area (Å²) in [6.45, 7) is 5.80. The first-order valence-corrected chi connectivity index (χ1v) is 8.65. The van der Waals surface area contributed by atoms with Crippen molar-refractivity contribution in [3.8, 4) is 5.75 Å². The summed E-state index contributed by atoms with van der Waals surface area (Å²) in [6.07, 6.45) is 1.17. The van der Waals surface area contributed by atoms with Gasteiger partial charge in [0.2, 0.25) is 0 Å². The van der Waals surface area contributed by atoms with Gasteiger partial charge in [0.25, 0.3) is 11.6 Å². The van der Waals surface area contributed by atoms with E-state index in [0.717, 1.165) is 11.1 Å². The lowest BCUT2D eigenvalue weighted by molar-refractivity contribution is -0.385. The van der Waals surface area contributed by atoms with E-state index < -0.39 is 10.8 Å². The van der Waals surface area contributed by atoms with Gasteiger partial charge in [-0.15, -0.1) is 0 Å². The van der Waals surface area contributed by atoms with Crippen molar-refractivity contribution in [1.29, 1.82) is 0 Å². The van der Waals surface area contributed by atoms with Crippen molar-refractivity contribution >= 4 is 29.4 Å². The average molecular weight is 390 g/mol. The molecule has 0 aliphatic carbocycles. The summed E-state index contributed by atoms with van der Waals surface area (Å²) < 4.78 is 5.61. The molecule has 142 valence electrons. The molecule has 0 aromatic heterocycles. The van der Waals surface area contributed by atoms with E-state index in [1.807, 2.05) is 39.0 Å². The lowest BCUT2D eigenvalue weighted by Crippen LogP contribution is -2.25. The number of halogens is 1. The normalized spacial score (nSPS) is 11.0. The Hall–Kier alpha value is -2.93. The third-order valence-corrected chi connectivity index (χ3v) is 3.96. The first kappa shape index (κ1) is 20.4. The number of hydrogen-bond acceptors (Lipinski definition) is 5. The van der Waals surface area contributed by atoms with Crippen LogP contribution < -0.4 is 10.2 Å². The van der Waals surface area contributed by atoms with Crippen molar-refractivity contribution in [1.82, 2.24) is 5.43 Å². The predicted molar refractivity (Wildman–Crippen MR) is 105 cm³/mol. The number of rotatable bonds is 7. The molecule has 0 atom stereocenters.